The molecule has 0 saturated heterocycles. The largest absolute Gasteiger partial charge is 0.398 e. The number of benzene rings is 1. The summed E-state index contributed by atoms with van der Waals surface area (Å²) in [5.41, 5.74) is 6.39. The maximum atomic E-state index is 13.8. The Balaban J connectivity index is 2.54. The zero-order valence-corrected chi connectivity index (χ0v) is 11.4. The molecule has 2 rings (SSSR count). The van der Waals surface area contributed by atoms with Crippen molar-refractivity contribution in [2.75, 3.05) is 31.3 Å². The second-order valence-electron chi connectivity index (χ2n) is 3.76. The van der Waals surface area contributed by atoms with Crippen molar-refractivity contribution < 1.29 is 9.13 Å². The molecule has 96 valence electrons. The number of nitrogen functional groups attached to an aromatic ring is 1. The summed E-state index contributed by atoms with van der Waals surface area (Å²) >= 11 is 3.29. The fourth-order valence-electron chi connectivity index (χ4n) is 1.74. The average Bonchev–Trinajstić information content (AvgIpc) is 2.36. The van der Waals surface area contributed by atoms with Gasteiger partial charge in [-0.15, -0.1) is 0 Å². The quantitative estimate of drug-likeness (QED) is 0.673. The number of ether oxygens (including phenoxy) is 1. The first-order valence-corrected chi connectivity index (χ1v) is 6.19. The number of hydrogen-bond donors (Lipinski definition) is 2. The van der Waals surface area contributed by atoms with Crippen LogP contribution < -0.4 is 11.1 Å². The predicted molar refractivity (Wildman–Crippen MR) is 74.2 cm³/mol. The van der Waals surface area contributed by atoms with E-state index >= 15 is 0 Å². The van der Waals surface area contributed by atoms with Crippen LogP contribution in [-0.2, 0) is 4.74 Å². The van der Waals surface area contributed by atoms with E-state index in [9.17, 15) is 4.39 Å². The molecule has 6 heteroatoms. The van der Waals surface area contributed by atoms with Crippen LogP contribution in [0.5, 0.6) is 0 Å². The van der Waals surface area contributed by atoms with Crippen molar-refractivity contribution in [2.24, 2.45) is 0 Å². The summed E-state index contributed by atoms with van der Waals surface area (Å²) in [5, 5.41) is 4.10. The van der Waals surface area contributed by atoms with Crippen molar-refractivity contribution in [3.8, 4) is 0 Å². The summed E-state index contributed by atoms with van der Waals surface area (Å²) in [6.07, 6.45) is 1.56. The summed E-state index contributed by atoms with van der Waals surface area (Å²) in [6.45, 7) is 1.12. The van der Waals surface area contributed by atoms with Gasteiger partial charge in [0.1, 0.15) is 11.6 Å². The number of pyridine rings is 1. The molecule has 1 heterocycles. The molecule has 3 N–H and O–H groups in total. The van der Waals surface area contributed by atoms with Crippen LogP contribution in [0.25, 0.3) is 10.8 Å². The highest BCUT2D eigenvalue weighted by Gasteiger charge is 2.12. The number of fused-ring (bicyclic) bond motifs is 1. The minimum atomic E-state index is -0.330. The van der Waals surface area contributed by atoms with Crippen molar-refractivity contribution in [1.29, 1.82) is 0 Å². The van der Waals surface area contributed by atoms with Crippen LogP contribution in [0.2, 0.25) is 0 Å². The third-order valence-electron chi connectivity index (χ3n) is 2.57. The number of anilines is 2. The van der Waals surface area contributed by atoms with Gasteiger partial charge in [-0.3, -0.25) is 0 Å². The molecule has 0 bridgehead atoms. The maximum Gasteiger partial charge on any atom is 0.136 e. The lowest BCUT2D eigenvalue weighted by Gasteiger charge is -2.12. The third-order valence-corrected chi connectivity index (χ3v) is 3.17. The molecule has 2 aromatic rings. The monoisotopic (exact) mass is 313 g/mol. The van der Waals surface area contributed by atoms with Crippen LogP contribution in [0, 0.1) is 5.82 Å². The Labute approximate surface area is 112 Å². The Morgan fingerprint density at radius 2 is 2.22 bits per heavy atom. The molecule has 0 spiro atoms. The SMILES string of the molecule is COCCNc1ncc(Br)c2c(F)ccc(N)c12. The lowest BCUT2D eigenvalue weighted by atomic mass is 10.1. The molecule has 1 aromatic heterocycles. The Kier molecular flexibility index (Phi) is 3.98. The summed E-state index contributed by atoms with van der Waals surface area (Å²) in [5.74, 6) is 0.227. The lowest BCUT2D eigenvalue weighted by Crippen LogP contribution is -2.10. The van der Waals surface area contributed by atoms with Crippen molar-refractivity contribution >= 4 is 38.2 Å². The maximum absolute atomic E-state index is 13.8. The summed E-state index contributed by atoms with van der Waals surface area (Å²) in [4.78, 5) is 4.22. The van der Waals surface area contributed by atoms with E-state index in [1.165, 1.54) is 12.1 Å². The van der Waals surface area contributed by atoms with Gasteiger partial charge in [-0.25, -0.2) is 9.37 Å². The number of rotatable bonds is 4. The van der Waals surface area contributed by atoms with E-state index < -0.39 is 0 Å². The van der Waals surface area contributed by atoms with Gasteiger partial charge in [0, 0.05) is 35.4 Å². The third kappa shape index (κ3) is 2.39. The Bertz CT molecular complexity index is 568. The molecule has 0 aliphatic rings. The van der Waals surface area contributed by atoms with Gasteiger partial charge in [0.05, 0.1) is 12.0 Å². The van der Waals surface area contributed by atoms with E-state index in [4.69, 9.17) is 10.5 Å². The normalized spacial score (nSPS) is 10.8. The fraction of sp³-hybridized carbons (Fsp3) is 0.250. The first-order valence-electron chi connectivity index (χ1n) is 5.40. The highest BCUT2D eigenvalue weighted by Crippen LogP contribution is 2.34. The van der Waals surface area contributed by atoms with Crippen LogP contribution in [0.1, 0.15) is 0 Å². The number of halogens is 2. The Morgan fingerprint density at radius 3 is 2.94 bits per heavy atom. The van der Waals surface area contributed by atoms with Crippen LogP contribution in [0.4, 0.5) is 15.9 Å². The van der Waals surface area contributed by atoms with E-state index in [1.807, 2.05) is 0 Å². The van der Waals surface area contributed by atoms with Crippen LogP contribution in [-0.4, -0.2) is 25.2 Å². The first kappa shape index (κ1) is 13.0. The van der Waals surface area contributed by atoms with Crippen molar-refractivity contribution in [3.63, 3.8) is 0 Å². The minimum Gasteiger partial charge on any atom is -0.398 e. The van der Waals surface area contributed by atoms with Gasteiger partial charge in [-0.1, -0.05) is 0 Å². The van der Waals surface area contributed by atoms with Gasteiger partial charge in [0.2, 0.25) is 0 Å². The lowest BCUT2D eigenvalue weighted by molar-refractivity contribution is 0.210. The van der Waals surface area contributed by atoms with E-state index in [1.54, 1.807) is 13.3 Å². The number of nitrogens with two attached hydrogens (primary N) is 1. The molecule has 0 aliphatic heterocycles. The van der Waals surface area contributed by atoms with E-state index in [2.05, 4.69) is 26.2 Å². The molecule has 0 amide bonds. The van der Waals surface area contributed by atoms with Crippen LogP contribution in [0.15, 0.2) is 22.8 Å². The molecule has 1 aromatic carbocycles. The zero-order valence-electron chi connectivity index (χ0n) is 9.84. The standard InChI is InChI=1S/C12H13BrFN3O/c1-18-5-4-16-12-11-9(15)3-2-8(14)10(11)7(13)6-17-12/h2-3,6H,4-5,15H2,1H3,(H,16,17). The highest BCUT2D eigenvalue weighted by atomic mass is 79.9. The number of hydrogen-bond acceptors (Lipinski definition) is 4. The minimum absolute atomic E-state index is 0.330. The number of aromatic nitrogens is 1. The smallest absolute Gasteiger partial charge is 0.136 e. The zero-order chi connectivity index (χ0) is 13.1. The van der Waals surface area contributed by atoms with Gasteiger partial charge in [0.25, 0.3) is 0 Å². The van der Waals surface area contributed by atoms with Crippen molar-refractivity contribution in [3.05, 3.63) is 28.6 Å². The van der Waals surface area contributed by atoms with Gasteiger partial charge in [0.15, 0.2) is 0 Å². The molecule has 0 aliphatic carbocycles. The molecule has 18 heavy (non-hydrogen) atoms. The summed E-state index contributed by atoms with van der Waals surface area (Å²) in [7, 11) is 1.61. The van der Waals surface area contributed by atoms with Gasteiger partial charge in [-0.2, -0.15) is 0 Å². The molecule has 0 atom stereocenters. The fourth-order valence-corrected chi connectivity index (χ4v) is 2.23. The summed E-state index contributed by atoms with van der Waals surface area (Å²) in [6, 6.07) is 2.88. The molecule has 0 fully saturated rings. The molecule has 4 nitrogen and oxygen atoms in total. The Morgan fingerprint density at radius 1 is 1.44 bits per heavy atom. The van der Waals surface area contributed by atoms with Gasteiger partial charge in [-0.05, 0) is 28.1 Å². The van der Waals surface area contributed by atoms with Crippen molar-refractivity contribution in [1.82, 2.24) is 4.98 Å². The van der Waals surface area contributed by atoms with Crippen LogP contribution in [0.3, 0.4) is 0 Å². The van der Waals surface area contributed by atoms with E-state index in [0.29, 0.717) is 39.9 Å². The number of nitrogens with one attached hydrogen (secondary N) is 1. The highest BCUT2D eigenvalue weighted by molar-refractivity contribution is 9.10. The number of methoxy groups -OCH3 is 1. The first-order chi connectivity index (χ1) is 8.65. The van der Waals surface area contributed by atoms with E-state index in [0.717, 1.165) is 0 Å². The predicted octanol–water partition coefficient (Wildman–Crippen LogP) is 2.78. The second-order valence-corrected chi connectivity index (χ2v) is 4.62. The molecular weight excluding hydrogens is 301 g/mol. The van der Waals surface area contributed by atoms with Gasteiger partial charge < -0.3 is 15.8 Å². The summed E-state index contributed by atoms with van der Waals surface area (Å²) < 4.78 is 19.4. The Hall–Kier alpha value is -1.40. The molecule has 0 saturated carbocycles. The molecule has 0 radical (unpaired) electrons. The number of nitrogens with zero attached hydrogens (tertiary/aromatic N) is 1. The molecule has 0 unspecified atom stereocenters. The van der Waals surface area contributed by atoms with Gasteiger partial charge >= 0.3 is 0 Å². The van der Waals surface area contributed by atoms with Crippen molar-refractivity contribution in [2.45, 2.75) is 0 Å². The van der Waals surface area contributed by atoms with Crippen LogP contribution >= 0.6 is 15.9 Å². The average molecular weight is 314 g/mol. The second kappa shape index (κ2) is 5.49. The topological polar surface area (TPSA) is 60.2 Å². The van der Waals surface area contributed by atoms with E-state index in [-0.39, 0.29) is 5.82 Å². The molecular formula is C12H13BrFN3O.